The van der Waals surface area contributed by atoms with Gasteiger partial charge in [0, 0.05) is 6.07 Å². The number of carbonyl (C=O) groups is 2. The number of carbonyl (C=O) groups excluding carboxylic acids is 2. The van der Waals surface area contributed by atoms with Crippen molar-refractivity contribution in [1.82, 2.24) is 0 Å². The van der Waals surface area contributed by atoms with E-state index in [9.17, 15) is 9.59 Å². The molecule has 0 spiro atoms. The second-order valence-electron chi connectivity index (χ2n) is 3.28. The number of benzene rings is 1. The van der Waals surface area contributed by atoms with Crippen LogP contribution in [0.25, 0.3) is 0 Å². The van der Waals surface area contributed by atoms with Crippen LogP contribution >= 0.6 is 0 Å². The molecule has 0 radical (unpaired) electrons. The Morgan fingerprint density at radius 2 is 1.39 bits per heavy atom. The van der Waals surface area contributed by atoms with Gasteiger partial charge in [-0.1, -0.05) is 6.92 Å². The van der Waals surface area contributed by atoms with Crippen molar-refractivity contribution in [3.63, 3.8) is 0 Å². The van der Waals surface area contributed by atoms with Crippen LogP contribution < -0.4 is 9.47 Å². The van der Waals surface area contributed by atoms with Crippen molar-refractivity contribution in [2.24, 2.45) is 0 Å². The first-order chi connectivity index (χ1) is 8.58. The lowest BCUT2D eigenvalue weighted by Gasteiger charge is -2.08. The zero-order valence-electron chi connectivity index (χ0n) is 10.4. The predicted molar refractivity (Wildman–Crippen MR) is 61.9 cm³/mol. The van der Waals surface area contributed by atoms with E-state index in [0.29, 0.717) is 6.42 Å². The van der Waals surface area contributed by atoms with E-state index < -0.39 is 12.3 Å². The Bertz CT molecular complexity index is 404. The molecule has 98 valence electrons. The SMILES string of the molecule is CCc1cc(OC(=O)OC)cc(OC(=O)OC)c1. The summed E-state index contributed by atoms with van der Waals surface area (Å²) in [4.78, 5) is 22.0. The standard InChI is InChI=1S/C12H14O6/c1-4-8-5-9(17-11(13)15-2)7-10(6-8)18-12(14)16-3/h5-7H,4H2,1-3H3. The third-order valence-electron chi connectivity index (χ3n) is 2.08. The van der Waals surface area contributed by atoms with Gasteiger partial charge in [-0.15, -0.1) is 0 Å². The molecule has 0 aliphatic carbocycles. The summed E-state index contributed by atoms with van der Waals surface area (Å²) in [5, 5.41) is 0. The summed E-state index contributed by atoms with van der Waals surface area (Å²) < 4.78 is 18.5. The minimum atomic E-state index is -0.840. The average Bonchev–Trinajstić information content (AvgIpc) is 2.37. The second kappa shape index (κ2) is 6.48. The molecule has 0 saturated heterocycles. The van der Waals surface area contributed by atoms with Crippen LogP contribution in [0.5, 0.6) is 11.5 Å². The van der Waals surface area contributed by atoms with Crippen LogP contribution in [0.15, 0.2) is 18.2 Å². The largest absolute Gasteiger partial charge is 0.513 e. The van der Waals surface area contributed by atoms with Crippen molar-refractivity contribution in [3.05, 3.63) is 23.8 Å². The Hall–Kier alpha value is -2.24. The number of hydrogen-bond donors (Lipinski definition) is 0. The highest BCUT2D eigenvalue weighted by atomic mass is 16.7. The van der Waals surface area contributed by atoms with Crippen LogP contribution in [0, 0.1) is 0 Å². The smallest absolute Gasteiger partial charge is 0.437 e. The molecule has 0 fully saturated rings. The molecule has 0 aromatic heterocycles. The molecule has 1 aromatic rings. The van der Waals surface area contributed by atoms with Crippen LogP contribution in [-0.2, 0) is 15.9 Å². The van der Waals surface area contributed by atoms with Gasteiger partial charge in [0.1, 0.15) is 11.5 Å². The normalized spacial score (nSPS) is 9.50. The van der Waals surface area contributed by atoms with Gasteiger partial charge in [-0.2, -0.15) is 0 Å². The Morgan fingerprint density at radius 1 is 0.944 bits per heavy atom. The van der Waals surface area contributed by atoms with E-state index in [0.717, 1.165) is 5.56 Å². The lowest BCUT2D eigenvalue weighted by molar-refractivity contribution is 0.120. The maximum absolute atomic E-state index is 11.0. The number of hydrogen-bond acceptors (Lipinski definition) is 6. The lowest BCUT2D eigenvalue weighted by atomic mass is 10.1. The number of methoxy groups -OCH3 is 2. The molecule has 1 rings (SSSR count). The molecule has 1 aromatic carbocycles. The molecular weight excluding hydrogens is 240 g/mol. The summed E-state index contributed by atoms with van der Waals surface area (Å²) in [5.41, 5.74) is 0.843. The minimum Gasteiger partial charge on any atom is -0.437 e. The molecule has 0 atom stereocenters. The molecule has 0 aliphatic heterocycles. The molecule has 6 heteroatoms. The summed E-state index contributed by atoms with van der Waals surface area (Å²) in [5.74, 6) is 0.472. The zero-order chi connectivity index (χ0) is 13.5. The van der Waals surface area contributed by atoms with Gasteiger partial charge in [-0.25, -0.2) is 9.59 Å². The molecule has 0 aliphatic rings. The fraction of sp³-hybridized carbons (Fsp3) is 0.333. The number of rotatable bonds is 3. The van der Waals surface area contributed by atoms with Crippen molar-refractivity contribution in [2.75, 3.05) is 14.2 Å². The molecule has 18 heavy (non-hydrogen) atoms. The molecule has 0 amide bonds. The van der Waals surface area contributed by atoms with Gasteiger partial charge in [0.05, 0.1) is 14.2 Å². The van der Waals surface area contributed by atoms with Crippen LogP contribution in [0.3, 0.4) is 0 Å². The van der Waals surface area contributed by atoms with Crippen LogP contribution in [-0.4, -0.2) is 26.5 Å². The van der Waals surface area contributed by atoms with Crippen LogP contribution in [0.1, 0.15) is 12.5 Å². The summed E-state index contributed by atoms with van der Waals surface area (Å²) in [6, 6.07) is 4.70. The van der Waals surface area contributed by atoms with E-state index in [4.69, 9.17) is 9.47 Å². The monoisotopic (exact) mass is 254 g/mol. The van der Waals surface area contributed by atoms with Crippen molar-refractivity contribution >= 4 is 12.3 Å². The fourth-order valence-corrected chi connectivity index (χ4v) is 1.23. The van der Waals surface area contributed by atoms with Gasteiger partial charge in [0.2, 0.25) is 0 Å². The third-order valence-corrected chi connectivity index (χ3v) is 2.08. The molecule has 6 nitrogen and oxygen atoms in total. The zero-order valence-corrected chi connectivity index (χ0v) is 10.4. The molecule has 0 heterocycles. The van der Waals surface area contributed by atoms with Crippen molar-refractivity contribution in [3.8, 4) is 11.5 Å². The lowest BCUT2D eigenvalue weighted by Crippen LogP contribution is -2.10. The minimum absolute atomic E-state index is 0.236. The van der Waals surface area contributed by atoms with Gasteiger partial charge >= 0.3 is 12.3 Å². The van der Waals surface area contributed by atoms with E-state index in [1.54, 1.807) is 12.1 Å². The van der Waals surface area contributed by atoms with Gasteiger partial charge in [-0.3, -0.25) is 0 Å². The van der Waals surface area contributed by atoms with E-state index in [2.05, 4.69) is 9.47 Å². The predicted octanol–water partition coefficient (Wildman–Crippen LogP) is 2.54. The first kappa shape index (κ1) is 13.8. The first-order valence-corrected chi connectivity index (χ1v) is 5.24. The van der Waals surface area contributed by atoms with Crippen molar-refractivity contribution < 1.29 is 28.5 Å². The Morgan fingerprint density at radius 3 is 1.72 bits per heavy atom. The van der Waals surface area contributed by atoms with E-state index in [1.165, 1.54) is 20.3 Å². The first-order valence-electron chi connectivity index (χ1n) is 5.24. The number of ether oxygens (including phenoxy) is 4. The highest BCUT2D eigenvalue weighted by Gasteiger charge is 2.10. The van der Waals surface area contributed by atoms with Gasteiger partial charge in [0.25, 0.3) is 0 Å². The topological polar surface area (TPSA) is 71.1 Å². The molecule has 0 unspecified atom stereocenters. The number of aryl methyl sites for hydroxylation is 1. The molecule has 0 N–H and O–H groups in total. The van der Waals surface area contributed by atoms with Crippen LogP contribution in [0.4, 0.5) is 9.59 Å². The Kier molecular flexibility index (Phi) is 4.98. The second-order valence-corrected chi connectivity index (χ2v) is 3.28. The highest BCUT2D eigenvalue weighted by Crippen LogP contribution is 2.24. The summed E-state index contributed by atoms with van der Waals surface area (Å²) in [6.07, 6.45) is -0.991. The van der Waals surface area contributed by atoms with Gasteiger partial charge < -0.3 is 18.9 Å². The molecular formula is C12H14O6. The maximum atomic E-state index is 11.0. The van der Waals surface area contributed by atoms with Crippen LogP contribution in [0.2, 0.25) is 0 Å². The van der Waals surface area contributed by atoms with E-state index in [-0.39, 0.29) is 11.5 Å². The quantitative estimate of drug-likeness (QED) is 0.609. The Balaban J connectivity index is 2.93. The van der Waals surface area contributed by atoms with Gasteiger partial charge in [-0.05, 0) is 24.1 Å². The highest BCUT2D eigenvalue weighted by molar-refractivity contribution is 5.66. The average molecular weight is 254 g/mol. The summed E-state index contributed by atoms with van der Waals surface area (Å²) in [7, 11) is 2.41. The summed E-state index contributed by atoms with van der Waals surface area (Å²) in [6.45, 7) is 1.92. The van der Waals surface area contributed by atoms with Crippen molar-refractivity contribution in [2.45, 2.75) is 13.3 Å². The molecule has 0 bridgehead atoms. The maximum Gasteiger partial charge on any atom is 0.513 e. The Labute approximate surface area is 104 Å². The van der Waals surface area contributed by atoms with E-state index in [1.807, 2.05) is 6.92 Å². The fourth-order valence-electron chi connectivity index (χ4n) is 1.23. The molecule has 0 saturated carbocycles. The van der Waals surface area contributed by atoms with E-state index >= 15 is 0 Å². The third kappa shape index (κ3) is 3.97. The van der Waals surface area contributed by atoms with Gasteiger partial charge in [0.15, 0.2) is 0 Å². The summed E-state index contributed by atoms with van der Waals surface area (Å²) >= 11 is 0. The van der Waals surface area contributed by atoms with Crippen molar-refractivity contribution in [1.29, 1.82) is 0 Å².